The number of piperidine rings is 1. The quantitative estimate of drug-likeness (QED) is 0.621. The van der Waals surface area contributed by atoms with E-state index >= 15 is 0 Å². The van der Waals surface area contributed by atoms with Gasteiger partial charge >= 0.3 is 0 Å². The monoisotopic (exact) mass is 341 g/mol. The second-order valence-electron chi connectivity index (χ2n) is 7.28. The number of nitrogens with zero attached hydrogens (tertiary/aromatic N) is 1. The van der Waals surface area contributed by atoms with Gasteiger partial charge in [-0.25, -0.2) is 0 Å². The van der Waals surface area contributed by atoms with E-state index in [2.05, 4.69) is 55.5 Å². The molecule has 130 valence electrons. The van der Waals surface area contributed by atoms with Crippen molar-refractivity contribution in [3.8, 4) is 11.1 Å². The van der Waals surface area contributed by atoms with Crippen molar-refractivity contribution in [3.63, 3.8) is 0 Å². The molecule has 3 aromatic carbocycles. The standard InChI is InChI=1S/C24H23NO/c1-24(20-12-6-3-7-13-20)16-17-25(23(26)18-24)22-15-9-8-14-21(22)19-10-4-2-5-11-19/h2-15H,16-18H2,1H3. The molecule has 1 aliphatic rings. The van der Waals surface area contributed by atoms with Crippen molar-refractivity contribution in [1.82, 2.24) is 0 Å². The van der Waals surface area contributed by atoms with Crippen LogP contribution < -0.4 is 4.90 Å². The summed E-state index contributed by atoms with van der Waals surface area (Å²) in [6.07, 6.45) is 1.51. The molecule has 1 unspecified atom stereocenters. The lowest BCUT2D eigenvalue weighted by Crippen LogP contribution is -2.45. The van der Waals surface area contributed by atoms with Crippen LogP contribution in [0.4, 0.5) is 5.69 Å². The normalized spacial score (nSPS) is 20.2. The first kappa shape index (κ1) is 16.6. The van der Waals surface area contributed by atoms with Crippen LogP contribution in [-0.2, 0) is 10.2 Å². The molecule has 1 atom stereocenters. The molecule has 0 aromatic heterocycles. The summed E-state index contributed by atoms with van der Waals surface area (Å²) in [6, 6.07) is 28.9. The number of hydrogen-bond donors (Lipinski definition) is 0. The van der Waals surface area contributed by atoms with E-state index in [1.807, 2.05) is 41.3 Å². The molecule has 2 heteroatoms. The third-order valence-corrected chi connectivity index (χ3v) is 5.48. The van der Waals surface area contributed by atoms with E-state index in [4.69, 9.17) is 0 Å². The van der Waals surface area contributed by atoms with Gasteiger partial charge in [0.15, 0.2) is 0 Å². The van der Waals surface area contributed by atoms with E-state index in [1.54, 1.807) is 0 Å². The first-order valence-electron chi connectivity index (χ1n) is 9.18. The first-order chi connectivity index (χ1) is 12.7. The second kappa shape index (κ2) is 6.80. The van der Waals surface area contributed by atoms with Crippen molar-refractivity contribution in [2.45, 2.75) is 25.2 Å². The van der Waals surface area contributed by atoms with E-state index < -0.39 is 0 Å². The molecule has 1 fully saturated rings. The molecule has 0 saturated carbocycles. The molecule has 1 saturated heterocycles. The van der Waals surface area contributed by atoms with Gasteiger partial charge in [-0.1, -0.05) is 85.8 Å². The number of para-hydroxylation sites is 1. The summed E-state index contributed by atoms with van der Waals surface area (Å²) in [6.45, 7) is 2.95. The number of hydrogen-bond acceptors (Lipinski definition) is 1. The van der Waals surface area contributed by atoms with E-state index in [0.717, 1.165) is 29.8 Å². The topological polar surface area (TPSA) is 20.3 Å². The predicted octanol–water partition coefficient (Wildman–Crippen LogP) is 5.44. The Labute approximate surface area is 155 Å². The lowest BCUT2D eigenvalue weighted by Gasteiger charge is -2.40. The van der Waals surface area contributed by atoms with E-state index in [9.17, 15) is 4.79 Å². The van der Waals surface area contributed by atoms with Gasteiger partial charge in [0.2, 0.25) is 5.91 Å². The number of carbonyl (C=O) groups excluding carboxylic acids is 1. The number of rotatable bonds is 3. The van der Waals surface area contributed by atoms with Gasteiger partial charge in [0.25, 0.3) is 0 Å². The summed E-state index contributed by atoms with van der Waals surface area (Å²) in [5.74, 6) is 0.200. The second-order valence-corrected chi connectivity index (χ2v) is 7.28. The van der Waals surface area contributed by atoms with Gasteiger partial charge in [0.1, 0.15) is 0 Å². The first-order valence-corrected chi connectivity index (χ1v) is 9.18. The zero-order chi connectivity index (χ0) is 18.0. The highest BCUT2D eigenvalue weighted by atomic mass is 16.2. The Morgan fingerprint density at radius 2 is 1.42 bits per heavy atom. The molecule has 1 heterocycles. The van der Waals surface area contributed by atoms with Crippen LogP contribution in [0.3, 0.4) is 0 Å². The summed E-state index contributed by atoms with van der Waals surface area (Å²) in [5.41, 5.74) is 4.44. The lowest BCUT2D eigenvalue weighted by atomic mass is 9.74. The van der Waals surface area contributed by atoms with Crippen LogP contribution in [0.15, 0.2) is 84.9 Å². The molecule has 2 nitrogen and oxygen atoms in total. The van der Waals surface area contributed by atoms with E-state index in [0.29, 0.717) is 6.42 Å². The maximum Gasteiger partial charge on any atom is 0.227 e. The summed E-state index contributed by atoms with van der Waals surface area (Å²) in [7, 11) is 0. The van der Waals surface area contributed by atoms with Crippen molar-refractivity contribution in [3.05, 3.63) is 90.5 Å². The molecule has 1 aliphatic heterocycles. The van der Waals surface area contributed by atoms with Crippen molar-refractivity contribution in [2.75, 3.05) is 11.4 Å². The van der Waals surface area contributed by atoms with Crippen LogP contribution in [0.25, 0.3) is 11.1 Å². The minimum Gasteiger partial charge on any atom is -0.312 e. The fourth-order valence-electron chi connectivity index (χ4n) is 3.91. The van der Waals surface area contributed by atoms with E-state index in [1.165, 1.54) is 5.56 Å². The third kappa shape index (κ3) is 3.03. The van der Waals surface area contributed by atoms with Crippen LogP contribution in [0.2, 0.25) is 0 Å². The number of amides is 1. The average molecular weight is 341 g/mol. The largest absolute Gasteiger partial charge is 0.312 e. The van der Waals surface area contributed by atoms with Crippen LogP contribution >= 0.6 is 0 Å². The molecule has 1 amide bonds. The van der Waals surface area contributed by atoms with Gasteiger partial charge < -0.3 is 4.90 Å². The molecule has 0 bridgehead atoms. The van der Waals surface area contributed by atoms with Crippen molar-refractivity contribution >= 4 is 11.6 Å². The van der Waals surface area contributed by atoms with Gasteiger partial charge in [-0.2, -0.15) is 0 Å². The minimum absolute atomic E-state index is 0.0868. The molecule has 26 heavy (non-hydrogen) atoms. The number of benzene rings is 3. The summed E-state index contributed by atoms with van der Waals surface area (Å²) in [5, 5.41) is 0. The SMILES string of the molecule is CC1(c2ccccc2)CCN(c2ccccc2-c2ccccc2)C(=O)C1. The molecule has 0 radical (unpaired) electrons. The highest BCUT2D eigenvalue weighted by molar-refractivity contribution is 5.99. The minimum atomic E-state index is -0.0868. The Morgan fingerprint density at radius 3 is 2.12 bits per heavy atom. The Kier molecular flexibility index (Phi) is 4.34. The molecule has 3 aromatic rings. The highest BCUT2D eigenvalue weighted by Crippen LogP contribution is 2.39. The van der Waals surface area contributed by atoms with Gasteiger partial charge in [-0.3, -0.25) is 4.79 Å². The number of anilines is 1. The molecule has 4 rings (SSSR count). The van der Waals surface area contributed by atoms with Crippen LogP contribution in [0, 0.1) is 0 Å². The fraction of sp³-hybridized carbons (Fsp3) is 0.208. The smallest absolute Gasteiger partial charge is 0.227 e. The van der Waals surface area contributed by atoms with Crippen molar-refractivity contribution < 1.29 is 4.79 Å². The van der Waals surface area contributed by atoms with Crippen LogP contribution in [0.5, 0.6) is 0 Å². The van der Waals surface area contributed by atoms with Gasteiger partial charge in [0, 0.05) is 23.9 Å². The van der Waals surface area contributed by atoms with E-state index in [-0.39, 0.29) is 11.3 Å². The highest BCUT2D eigenvalue weighted by Gasteiger charge is 2.37. The number of carbonyl (C=O) groups is 1. The van der Waals surface area contributed by atoms with Gasteiger partial charge in [-0.15, -0.1) is 0 Å². The lowest BCUT2D eigenvalue weighted by molar-refractivity contribution is -0.121. The molecule has 0 spiro atoms. The Hall–Kier alpha value is -2.87. The maximum atomic E-state index is 13.1. The summed E-state index contributed by atoms with van der Waals surface area (Å²) in [4.78, 5) is 15.1. The predicted molar refractivity (Wildman–Crippen MR) is 107 cm³/mol. The molecular formula is C24H23NO. The van der Waals surface area contributed by atoms with Gasteiger partial charge in [-0.05, 0) is 23.6 Å². The Bertz CT molecular complexity index is 904. The summed E-state index contributed by atoms with van der Waals surface area (Å²) < 4.78 is 0. The third-order valence-electron chi connectivity index (χ3n) is 5.48. The fourth-order valence-corrected chi connectivity index (χ4v) is 3.91. The molecule has 0 N–H and O–H groups in total. The van der Waals surface area contributed by atoms with Crippen LogP contribution in [-0.4, -0.2) is 12.5 Å². The van der Waals surface area contributed by atoms with Crippen molar-refractivity contribution in [1.29, 1.82) is 0 Å². The van der Waals surface area contributed by atoms with Gasteiger partial charge in [0.05, 0.1) is 5.69 Å². The zero-order valence-corrected chi connectivity index (χ0v) is 15.1. The Balaban J connectivity index is 1.65. The molecule has 0 aliphatic carbocycles. The Morgan fingerprint density at radius 1 is 0.808 bits per heavy atom. The summed E-state index contributed by atoms with van der Waals surface area (Å²) >= 11 is 0. The van der Waals surface area contributed by atoms with Crippen molar-refractivity contribution in [2.24, 2.45) is 0 Å². The maximum absolute atomic E-state index is 13.1. The average Bonchev–Trinajstić information content (AvgIpc) is 2.70. The molecular weight excluding hydrogens is 318 g/mol. The zero-order valence-electron chi connectivity index (χ0n) is 15.1. The van der Waals surface area contributed by atoms with Crippen LogP contribution in [0.1, 0.15) is 25.3 Å².